The lowest BCUT2D eigenvalue weighted by Gasteiger charge is -2.21. The summed E-state index contributed by atoms with van der Waals surface area (Å²) < 4.78 is 0. The van der Waals surface area contributed by atoms with E-state index in [9.17, 15) is 9.59 Å². The Morgan fingerprint density at radius 3 is 2.19 bits per heavy atom. The van der Waals surface area contributed by atoms with Crippen molar-refractivity contribution in [1.82, 2.24) is 4.90 Å². The van der Waals surface area contributed by atoms with Gasteiger partial charge in [0, 0.05) is 24.3 Å². The van der Waals surface area contributed by atoms with Gasteiger partial charge in [0.1, 0.15) is 0 Å². The summed E-state index contributed by atoms with van der Waals surface area (Å²) in [6.07, 6.45) is 0. The average Bonchev–Trinajstić information content (AvgIpc) is 2.63. The molecule has 2 aromatic rings. The van der Waals surface area contributed by atoms with Gasteiger partial charge in [-0.3, -0.25) is 9.59 Å². The molecule has 0 fully saturated rings. The molecule has 5 nitrogen and oxygen atoms in total. The summed E-state index contributed by atoms with van der Waals surface area (Å²) in [5.74, 6) is -0.0248. The standard InChI is InChI=1S/C21H27N3O2/c1-4-24(5-2)21(26)16-23(3)15-20(25)22-19-14-10-9-13-18(19)17-11-7-6-8-12-17/h6-14H,4-5,15-16H2,1-3H3,(H,22,25)/p+1. The smallest absolute Gasteiger partial charge is 0.279 e. The highest BCUT2D eigenvalue weighted by Crippen LogP contribution is 2.27. The van der Waals surface area contributed by atoms with Crippen molar-refractivity contribution in [3.63, 3.8) is 0 Å². The molecule has 0 radical (unpaired) electrons. The summed E-state index contributed by atoms with van der Waals surface area (Å²) in [5.41, 5.74) is 2.82. The fourth-order valence-corrected chi connectivity index (χ4v) is 2.94. The van der Waals surface area contributed by atoms with E-state index in [0.717, 1.165) is 21.7 Å². The van der Waals surface area contributed by atoms with Crippen molar-refractivity contribution in [1.29, 1.82) is 0 Å². The molecule has 0 bridgehead atoms. The number of hydrogen-bond donors (Lipinski definition) is 2. The van der Waals surface area contributed by atoms with Crippen LogP contribution in [0.15, 0.2) is 54.6 Å². The first kappa shape index (κ1) is 19.7. The molecule has 1 unspecified atom stereocenters. The van der Waals surface area contributed by atoms with E-state index >= 15 is 0 Å². The Bertz CT molecular complexity index is 727. The van der Waals surface area contributed by atoms with Crippen LogP contribution in [-0.2, 0) is 9.59 Å². The van der Waals surface area contributed by atoms with Gasteiger partial charge in [0.2, 0.25) is 0 Å². The van der Waals surface area contributed by atoms with Crippen molar-refractivity contribution in [2.75, 3.05) is 38.5 Å². The average molecular weight is 354 g/mol. The predicted octanol–water partition coefficient (Wildman–Crippen LogP) is 1.68. The van der Waals surface area contributed by atoms with E-state index in [1.807, 2.05) is 75.5 Å². The van der Waals surface area contributed by atoms with E-state index < -0.39 is 0 Å². The predicted molar refractivity (Wildman–Crippen MR) is 105 cm³/mol. The van der Waals surface area contributed by atoms with Crippen molar-refractivity contribution in [3.8, 4) is 11.1 Å². The van der Waals surface area contributed by atoms with Crippen LogP contribution in [0.3, 0.4) is 0 Å². The van der Waals surface area contributed by atoms with Crippen LogP contribution in [0.1, 0.15) is 13.8 Å². The molecule has 0 aromatic heterocycles. The van der Waals surface area contributed by atoms with Crippen LogP contribution in [0, 0.1) is 0 Å². The number of para-hydroxylation sites is 1. The van der Waals surface area contributed by atoms with Gasteiger partial charge >= 0.3 is 0 Å². The molecule has 0 aliphatic carbocycles. The van der Waals surface area contributed by atoms with Crippen molar-refractivity contribution in [3.05, 3.63) is 54.6 Å². The second-order valence-corrected chi connectivity index (χ2v) is 6.34. The number of hydrogen-bond acceptors (Lipinski definition) is 2. The van der Waals surface area contributed by atoms with E-state index in [4.69, 9.17) is 0 Å². The van der Waals surface area contributed by atoms with Gasteiger partial charge in [-0.2, -0.15) is 0 Å². The molecule has 2 aromatic carbocycles. The zero-order chi connectivity index (χ0) is 18.9. The maximum Gasteiger partial charge on any atom is 0.279 e. The maximum atomic E-state index is 12.4. The molecule has 5 heteroatoms. The first-order valence-electron chi connectivity index (χ1n) is 9.08. The van der Waals surface area contributed by atoms with Gasteiger partial charge in [-0.1, -0.05) is 48.5 Å². The van der Waals surface area contributed by atoms with E-state index in [2.05, 4.69) is 5.32 Å². The first-order chi connectivity index (χ1) is 12.5. The first-order valence-corrected chi connectivity index (χ1v) is 9.08. The van der Waals surface area contributed by atoms with E-state index in [0.29, 0.717) is 19.6 Å². The van der Waals surface area contributed by atoms with Gasteiger partial charge < -0.3 is 15.1 Å². The number of benzene rings is 2. The van der Waals surface area contributed by atoms with Gasteiger partial charge in [-0.15, -0.1) is 0 Å². The van der Waals surface area contributed by atoms with Crippen LogP contribution in [0.5, 0.6) is 0 Å². The topological polar surface area (TPSA) is 53.9 Å². The van der Waals surface area contributed by atoms with E-state index in [1.54, 1.807) is 4.90 Å². The molecule has 0 saturated heterocycles. The van der Waals surface area contributed by atoms with Crippen LogP contribution in [-0.4, -0.2) is 49.9 Å². The van der Waals surface area contributed by atoms with Gasteiger partial charge in [-0.05, 0) is 25.5 Å². The van der Waals surface area contributed by atoms with Crippen molar-refractivity contribution in [2.24, 2.45) is 0 Å². The molecule has 0 aliphatic rings. The maximum absolute atomic E-state index is 12.4. The van der Waals surface area contributed by atoms with Crippen LogP contribution in [0.25, 0.3) is 11.1 Å². The lowest BCUT2D eigenvalue weighted by molar-refractivity contribution is -0.862. The second kappa shape index (κ2) is 9.73. The number of quaternary nitrogens is 1. The molecule has 0 heterocycles. The van der Waals surface area contributed by atoms with Crippen LogP contribution in [0.4, 0.5) is 5.69 Å². The summed E-state index contributed by atoms with van der Waals surface area (Å²) >= 11 is 0. The molecule has 0 aliphatic heterocycles. The molecule has 1 atom stereocenters. The number of anilines is 1. The number of carbonyl (C=O) groups excluding carboxylic acids is 2. The highest BCUT2D eigenvalue weighted by atomic mass is 16.2. The van der Waals surface area contributed by atoms with Crippen LogP contribution < -0.4 is 10.2 Å². The number of rotatable bonds is 8. The summed E-state index contributed by atoms with van der Waals surface area (Å²) in [4.78, 5) is 27.3. The molecular weight excluding hydrogens is 326 g/mol. The van der Waals surface area contributed by atoms with Gasteiger partial charge in [-0.25, -0.2) is 0 Å². The van der Waals surface area contributed by atoms with E-state index in [1.165, 1.54) is 0 Å². The van der Waals surface area contributed by atoms with Crippen LogP contribution in [0.2, 0.25) is 0 Å². The molecule has 26 heavy (non-hydrogen) atoms. The Hall–Kier alpha value is -2.66. The van der Waals surface area contributed by atoms with Crippen molar-refractivity contribution < 1.29 is 14.5 Å². The van der Waals surface area contributed by atoms with Gasteiger partial charge in [0.25, 0.3) is 11.8 Å². The molecule has 138 valence electrons. The third-order valence-electron chi connectivity index (χ3n) is 4.32. The summed E-state index contributed by atoms with van der Waals surface area (Å²) in [6.45, 7) is 5.87. The molecule has 2 rings (SSSR count). The van der Waals surface area contributed by atoms with Crippen molar-refractivity contribution in [2.45, 2.75) is 13.8 Å². The molecule has 0 saturated carbocycles. The monoisotopic (exact) mass is 354 g/mol. The zero-order valence-electron chi connectivity index (χ0n) is 15.8. The minimum Gasteiger partial charge on any atom is -0.338 e. The zero-order valence-corrected chi connectivity index (χ0v) is 15.8. The lowest BCUT2D eigenvalue weighted by atomic mass is 10.0. The molecule has 2 amide bonds. The van der Waals surface area contributed by atoms with E-state index in [-0.39, 0.29) is 18.4 Å². The Kier molecular flexibility index (Phi) is 7.36. The third-order valence-corrected chi connectivity index (χ3v) is 4.32. The molecular formula is C21H28N3O2+. The minimum absolute atomic E-state index is 0.0741. The molecule has 2 N–H and O–H groups in total. The fourth-order valence-electron chi connectivity index (χ4n) is 2.94. The van der Waals surface area contributed by atoms with Crippen molar-refractivity contribution >= 4 is 17.5 Å². The number of amides is 2. The largest absolute Gasteiger partial charge is 0.338 e. The summed E-state index contributed by atoms with van der Waals surface area (Å²) in [7, 11) is 1.87. The summed E-state index contributed by atoms with van der Waals surface area (Å²) in [5, 5.41) is 2.99. The van der Waals surface area contributed by atoms with Gasteiger partial charge in [0.15, 0.2) is 13.1 Å². The fraction of sp³-hybridized carbons (Fsp3) is 0.333. The quantitative estimate of drug-likeness (QED) is 0.758. The third kappa shape index (κ3) is 5.43. The second-order valence-electron chi connectivity index (χ2n) is 6.34. The number of nitrogens with one attached hydrogen (secondary N) is 2. The highest BCUT2D eigenvalue weighted by Gasteiger charge is 2.18. The Balaban J connectivity index is 1.99. The van der Waals surface area contributed by atoms with Crippen LogP contribution >= 0.6 is 0 Å². The number of likely N-dealkylation sites (N-methyl/N-ethyl adjacent to an activating group) is 2. The Morgan fingerprint density at radius 1 is 0.923 bits per heavy atom. The van der Waals surface area contributed by atoms with Gasteiger partial charge in [0.05, 0.1) is 7.05 Å². The number of carbonyl (C=O) groups is 2. The minimum atomic E-state index is -0.0989. The Labute approximate surface area is 155 Å². The highest BCUT2D eigenvalue weighted by molar-refractivity contribution is 5.96. The SMILES string of the molecule is CCN(CC)C(=O)C[NH+](C)CC(=O)Nc1ccccc1-c1ccccc1. The summed E-state index contributed by atoms with van der Waals surface area (Å²) in [6, 6.07) is 17.7. The molecule has 0 spiro atoms. The Morgan fingerprint density at radius 2 is 1.54 bits per heavy atom. The lowest BCUT2D eigenvalue weighted by Crippen LogP contribution is -3.11. The number of nitrogens with zero attached hydrogens (tertiary/aromatic N) is 1. The normalized spacial score (nSPS) is 11.7.